The Morgan fingerprint density at radius 2 is 2.06 bits per heavy atom. The third-order valence-electron chi connectivity index (χ3n) is 3.35. The first kappa shape index (κ1) is 12.3. The zero-order valence-electron chi connectivity index (χ0n) is 10.6. The monoisotopic (exact) mass is 234 g/mol. The first-order valence-electron chi connectivity index (χ1n) is 6.03. The molecule has 1 atom stereocenters. The van der Waals surface area contributed by atoms with Crippen molar-refractivity contribution in [2.45, 2.75) is 39.7 Å². The van der Waals surface area contributed by atoms with Crippen LogP contribution in [0.1, 0.15) is 37.8 Å². The van der Waals surface area contributed by atoms with Crippen molar-refractivity contribution in [3.05, 3.63) is 41.2 Å². The molecular weight excluding hydrogens is 215 g/mol. The van der Waals surface area contributed by atoms with Crippen LogP contribution in [0.3, 0.4) is 0 Å². The first-order valence-corrected chi connectivity index (χ1v) is 6.03. The summed E-state index contributed by atoms with van der Waals surface area (Å²) < 4.78 is 13.2. The second kappa shape index (κ2) is 4.26. The molecule has 1 aromatic rings. The van der Waals surface area contributed by atoms with Crippen LogP contribution >= 0.6 is 0 Å². The molecule has 0 amide bonds. The summed E-state index contributed by atoms with van der Waals surface area (Å²) in [5, 5.41) is 9.85. The number of hydrogen-bond donors (Lipinski definition) is 1. The van der Waals surface area contributed by atoms with Crippen LogP contribution in [0.4, 0.5) is 4.39 Å². The minimum atomic E-state index is -0.390. The maximum atomic E-state index is 13.2. The maximum Gasteiger partial charge on any atom is 0.126 e. The SMILES string of the molecule is Cc1cc(C2=CC(O)CC(C)(C)C2)ccc1F. The van der Waals surface area contributed by atoms with Crippen molar-refractivity contribution >= 4 is 5.57 Å². The van der Waals surface area contributed by atoms with Gasteiger partial charge in [0, 0.05) is 0 Å². The molecule has 1 aliphatic rings. The van der Waals surface area contributed by atoms with Gasteiger partial charge >= 0.3 is 0 Å². The summed E-state index contributed by atoms with van der Waals surface area (Å²) in [6.07, 6.45) is 3.23. The number of hydrogen-bond acceptors (Lipinski definition) is 1. The lowest BCUT2D eigenvalue weighted by atomic mass is 9.74. The van der Waals surface area contributed by atoms with Crippen LogP contribution < -0.4 is 0 Å². The molecule has 0 radical (unpaired) electrons. The molecule has 0 saturated heterocycles. The van der Waals surface area contributed by atoms with Crippen LogP contribution in [0.2, 0.25) is 0 Å². The average molecular weight is 234 g/mol. The molecular formula is C15H19FO. The van der Waals surface area contributed by atoms with Crippen molar-refractivity contribution < 1.29 is 9.50 Å². The van der Waals surface area contributed by atoms with Crippen molar-refractivity contribution in [2.75, 3.05) is 0 Å². The van der Waals surface area contributed by atoms with Gasteiger partial charge in [-0.15, -0.1) is 0 Å². The van der Waals surface area contributed by atoms with Crippen LogP contribution in [0.15, 0.2) is 24.3 Å². The fourth-order valence-corrected chi connectivity index (χ4v) is 2.55. The summed E-state index contributed by atoms with van der Waals surface area (Å²) in [4.78, 5) is 0. The van der Waals surface area contributed by atoms with E-state index in [4.69, 9.17) is 0 Å². The third-order valence-corrected chi connectivity index (χ3v) is 3.35. The Morgan fingerprint density at radius 1 is 1.35 bits per heavy atom. The second-order valence-corrected chi connectivity index (χ2v) is 5.77. The summed E-state index contributed by atoms with van der Waals surface area (Å²) >= 11 is 0. The van der Waals surface area contributed by atoms with Crippen molar-refractivity contribution in [3.8, 4) is 0 Å². The Kier molecular flexibility index (Phi) is 3.09. The highest BCUT2D eigenvalue weighted by Gasteiger charge is 2.28. The van der Waals surface area contributed by atoms with Crippen molar-refractivity contribution in [3.63, 3.8) is 0 Å². The van der Waals surface area contributed by atoms with Gasteiger partial charge in [0.15, 0.2) is 0 Å². The largest absolute Gasteiger partial charge is 0.389 e. The Hall–Kier alpha value is -1.15. The number of halogens is 1. The molecule has 1 N–H and O–H groups in total. The summed E-state index contributed by atoms with van der Waals surface area (Å²) in [6, 6.07) is 5.15. The van der Waals surface area contributed by atoms with Gasteiger partial charge in [-0.2, -0.15) is 0 Å². The zero-order valence-corrected chi connectivity index (χ0v) is 10.6. The molecule has 0 heterocycles. The fourth-order valence-electron chi connectivity index (χ4n) is 2.55. The topological polar surface area (TPSA) is 20.2 Å². The van der Waals surface area contributed by atoms with E-state index in [0.29, 0.717) is 5.56 Å². The van der Waals surface area contributed by atoms with Crippen LogP contribution in [0.5, 0.6) is 0 Å². The Morgan fingerprint density at radius 3 is 2.65 bits per heavy atom. The van der Waals surface area contributed by atoms with Gasteiger partial charge in [-0.3, -0.25) is 0 Å². The van der Waals surface area contributed by atoms with Crippen LogP contribution in [0.25, 0.3) is 5.57 Å². The van der Waals surface area contributed by atoms with Crippen molar-refractivity contribution in [1.82, 2.24) is 0 Å². The van der Waals surface area contributed by atoms with Crippen molar-refractivity contribution in [2.24, 2.45) is 5.41 Å². The lowest BCUT2D eigenvalue weighted by Crippen LogP contribution is -2.24. The molecule has 2 heteroatoms. The van der Waals surface area contributed by atoms with Gasteiger partial charge in [-0.1, -0.05) is 26.0 Å². The highest BCUT2D eigenvalue weighted by molar-refractivity contribution is 5.68. The highest BCUT2D eigenvalue weighted by Crippen LogP contribution is 2.39. The Balaban J connectivity index is 2.36. The number of allylic oxidation sites excluding steroid dienone is 1. The standard InChI is InChI=1S/C15H19FO/c1-10-6-11(4-5-14(10)16)12-7-13(17)9-15(2,3)8-12/h4-7,13,17H,8-9H2,1-3H3. The van der Waals surface area contributed by atoms with Gasteiger partial charge < -0.3 is 5.11 Å². The molecule has 0 spiro atoms. The lowest BCUT2D eigenvalue weighted by Gasteiger charge is -2.32. The van der Waals surface area contributed by atoms with Gasteiger partial charge in [-0.25, -0.2) is 4.39 Å². The quantitative estimate of drug-likeness (QED) is 0.785. The average Bonchev–Trinajstić information content (AvgIpc) is 2.19. The summed E-state index contributed by atoms with van der Waals surface area (Å²) in [6.45, 7) is 6.07. The van der Waals surface area contributed by atoms with E-state index in [9.17, 15) is 9.50 Å². The van der Waals surface area contributed by atoms with E-state index in [1.165, 1.54) is 6.07 Å². The van der Waals surface area contributed by atoms with E-state index in [-0.39, 0.29) is 17.3 Å². The molecule has 1 aliphatic carbocycles. The van der Waals surface area contributed by atoms with Crippen LogP contribution in [-0.4, -0.2) is 11.2 Å². The van der Waals surface area contributed by atoms with Crippen molar-refractivity contribution in [1.29, 1.82) is 0 Å². The molecule has 1 aromatic carbocycles. The van der Waals surface area contributed by atoms with Gasteiger partial charge in [-0.05, 0) is 54.0 Å². The molecule has 1 nitrogen and oxygen atoms in total. The molecule has 0 saturated carbocycles. The number of benzene rings is 1. The summed E-state index contributed by atoms with van der Waals surface area (Å²) in [7, 11) is 0. The highest BCUT2D eigenvalue weighted by atomic mass is 19.1. The third kappa shape index (κ3) is 2.75. The molecule has 0 aliphatic heterocycles. The molecule has 2 rings (SSSR count). The molecule has 17 heavy (non-hydrogen) atoms. The van der Waals surface area contributed by atoms with E-state index in [0.717, 1.165) is 24.0 Å². The smallest absolute Gasteiger partial charge is 0.126 e. The maximum absolute atomic E-state index is 13.2. The van der Waals surface area contributed by atoms with Gasteiger partial charge in [0.1, 0.15) is 5.82 Å². The van der Waals surface area contributed by atoms with E-state index in [2.05, 4.69) is 13.8 Å². The van der Waals surface area contributed by atoms with E-state index >= 15 is 0 Å². The van der Waals surface area contributed by atoms with E-state index < -0.39 is 0 Å². The normalized spacial score (nSPS) is 23.4. The first-order chi connectivity index (χ1) is 7.87. The number of rotatable bonds is 1. The summed E-state index contributed by atoms with van der Waals surface area (Å²) in [5.74, 6) is -0.176. The van der Waals surface area contributed by atoms with E-state index in [1.54, 1.807) is 13.0 Å². The second-order valence-electron chi connectivity index (χ2n) is 5.77. The minimum Gasteiger partial charge on any atom is -0.389 e. The predicted molar refractivity (Wildman–Crippen MR) is 68.1 cm³/mol. The fraction of sp³-hybridized carbons (Fsp3) is 0.467. The van der Waals surface area contributed by atoms with Gasteiger partial charge in [0.25, 0.3) is 0 Å². The number of aliphatic hydroxyl groups excluding tert-OH is 1. The Bertz CT molecular complexity index is 460. The van der Waals surface area contributed by atoms with Gasteiger partial charge in [0.2, 0.25) is 0 Å². The van der Waals surface area contributed by atoms with Crippen LogP contribution in [-0.2, 0) is 0 Å². The molecule has 92 valence electrons. The summed E-state index contributed by atoms with van der Waals surface area (Å²) in [5.41, 5.74) is 2.90. The van der Waals surface area contributed by atoms with Crippen LogP contribution in [0, 0.1) is 18.2 Å². The van der Waals surface area contributed by atoms with Gasteiger partial charge in [0.05, 0.1) is 6.10 Å². The predicted octanol–water partition coefficient (Wildman–Crippen LogP) is 3.70. The number of aryl methyl sites for hydroxylation is 1. The van der Waals surface area contributed by atoms with E-state index in [1.807, 2.05) is 12.1 Å². The molecule has 0 bridgehead atoms. The molecule has 0 fully saturated rings. The minimum absolute atomic E-state index is 0.103. The zero-order chi connectivity index (χ0) is 12.6. The molecule has 1 unspecified atom stereocenters. The lowest BCUT2D eigenvalue weighted by molar-refractivity contribution is 0.146. The number of aliphatic hydroxyl groups is 1. The Labute approximate surface area is 102 Å². The molecule has 0 aromatic heterocycles.